The maximum atomic E-state index is 13.2. The molecule has 144 valence electrons. The topological polar surface area (TPSA) is 82.8 Å². The van der Waals surface area contributed by atoms with Crippen LogP contribution >= 0.6 is 0 Å². The summed E-state index contributed by atoms with van der Waals surface area (Å²) in [6.07, 6.45) is -1.24. The Balaban J connectivity index is 1.60. The molecular weight excluding hydrogens is 355 g/mol. The molecule has 0 amide bonds. The molecule has 5 nitrogen and oxygen atoms in total. The summed E-state index contributed by atoms with van der Waals surface area (Å²) in [6.45, 7) is 4.17. The first-order valence-electron chi connectivity index (χ1n) is 9.39. The number of nitrogens with two attached hydrogens (primary N) is 2. The first kappa shape index (κ1) is 17.0. The van der Waals surface area contributed by atoms with Crippen molar-refractivity contribution in [1.82, 2.24) is 14.8 Å². The molecule has 4 aliphatic carbocycles. The standard InChI is InChI=1S/C19H22F3N5/c1-3-8(2)27-14(18-10-5-12(23)16(18)15(10)18)6-13(26-27)9-4-11(19(20,21)22)17(24)25-7-9/h4,6-8,10,12,15-16H,3,5,23H2,1-2H3,(H2,24,25). The molecule has 6 unspecified atom stereocenters. The number of nitrogens with zero attached hydrogens (tertiary/aromatic N) is 3. The van der Waals surface area contributed by atoms with E-state index in [0.717, 1.165) is 24.6 Å². The van der Waals surface area contributed by atoms with Crippen LogP contribution in [0.25, 0.3) is 11.3 Å². The van der Waals surface area contributed by atoms with E-state index in [2.05, 4.69) is 23.9 Å². The molecule has 4 fully saturated rings. The lowest BCUT2D eigenvalue weighted by atomic mass is 10.00. The Labute approximate surface area is 154 Å². The minimum absolute atomic E-state index is 0.113. The monoisotopic (exact) mass is 377 g/mol. The summed E-state index contributed by atoms with van der Waals surface area (Å²) in [5, 5.41) is 4.69. The highest BCUT2D eigenvalue weighted by atomic mass is 19.4. The molecule has 27 heavy (non-hydrogen) atoms. The third kappa shape index (κ3) is 2.05. The zero-order valence-electron chi connectivity index (χ0n) is 15.2. The van der Waals surface area contributed by atoms with Gasteiger partial charge in [0.05, 0.1) is 11.3 Å². The largest absolute Gasteiger partial charge is 0.419 e. The lowest BCUT2D eigenvalue weighted by Crippen LogP contribution is -2.21. The van der Waals surface area contributed by atoms with Crippen LogP contribution in [0, 0.1) is 17.8 Å². The van der Waals surface area contributed by atoms with Crippen molar-refractivity contribution in [3.63, 3.8) is 0 Å². The van der Waals surface area contributed by atoms with Crippen molar-refractivity contribution in [3.8, 4) is 11.3 Å². The molecule has 6 atom stereocenters. The van der Waals surface area contributed by atoms with Crippen LogP contribution < -0.4 is 11.5 Å². The van der Waals surface area contributed by atoms with Crippen molar-refractivity contribution < 1.29 is 13.2 Å². The molecule has 0 aliphatic heterocycles. The maximum Gasteiger partial charge on any atom is 0.419 e. The van der Waals surface area contributed by atoms with E-state index in [9.17, 15) is 13.2 Å². The van der Waals surface area contributed by atoms with Crippen molar-refractivity contribution >= 4 is 5.82 Å². The summed E-state index contributed by atoms with van der Waals surface area (Å²) in [5.41, 5.74) is 12.9. The number of anilines is 1. The van der Waals surface area contributed by atoms with Gasteiger partial charge in [-0.25, -0.2) is 4.98 Å². The van der Waals surface area contributed by atoms with Gasteiger partial charge in [0.2, 0.25) is 0 Å². The van der Waals surface area contributed by atoms with E-state index in [0.29, 0.717) is 29.0 Å². The van der Waals surface area contributed by atoms with Gasteiger partial charge in [-0.2, -0.15) is 18.3 Å². The van der Waals surface area contributed by atoms with Gasteiger partial charge in [0.25, 0.3) is 0 Å². The Morgan fingerprint density at radius 3 is 2.63 bits per heavy atom. The van der Waals surface area contributed by atoms with Gasteiger partial charge in [-0.1, -0.05) is 6.92 Å². The Hall–Kier alpha value is -2.09. The van der Waals surface area contributed by atoms with Crippen molar-refractivity contribution in [3.05, 3.63) is 29.6 Å². The first-order valence-corrected chi connectivity index (χ1v) is 9.39. The predicted molar refractivity (Wildman–Crippen MR) is 94.6 cm³/mol. The highest BCUT2D eigenvalue weighted by Gasteiger charge is 2.92. The molecule has 0 radical (unpaired) electrons. The zero-order chi connectivity index (χ0) is 19.3. The SMILES string of the molecule is CCC(C)n1nc(-c2cnc(N)c(C(F)(F)F)c2)cc1C12C3CC(N)C1C32. The van der Waals surface area contributed by atoms with E-state index >= 15 is 0 Å². The minimum Gasteiger partial charge on any atom is -0.383 e. The molecule has 2 aromatic rings. The van der Waals surface area contributed by atoms with Crippen LogP contribution in [0.2, 0.25) is 0 Å². The fraction of sp³-hybridized carbons (Fsp3) is 0.579. The minimum atomic E-state index is -4.54. The van der Waals surface area contributed by atoms with Gasteiger partial charge in [-0.05, 0) is 49.7 Å². The second-order valence-corrected chi connectivity index (χ2v) is 8.26. The molecule has 4 N–H and O–H groups in total. The summed E-state index contributed by atoms with van der Waals surface area (Å²) in [7, 11) is 0. The summed E-state index contributed by atoms with van der Waals surface area (Å²) < 4.78 is 41.6. The Bertz CT molecular complexity index is 930. The molecular formula is C19H22F3N5. The fourth-order valence-electron chi connectivity index (χ4n) is 5.50. The average molecular weight is 377 g/mol. The van der Waals surface area contributed by atoms with Crippen molar-refractivity contribution in [1.29, 1.82) is 0 Å². The van der Waals surface area contributed by atoms with Crippen LogP contribution in [0.5, 0.6) is 0 Å². The average Bonchev–Trinajstić information content (AvgIpc) is 3.21. The smallest absolute Gasteiger partial charge is 0.383 e. The van der Waals surface area contributed by atoms with E-state index in [1.807, 2.05) is 10.7 Å². The van der Waals surface area contributed by atoms with Crippen LogP contribution in [0.1, 0.15) is 44.0 Å². The third-order valence-electron chi connectivity index (χ3n) is 7.01. The van der Waals surface area contributed by atoms with Gasteiger partial charge in [-0.3, -0.25) is 4.68 Å². The Kier molecular flexibility index (Phi) is 3.18. The van der Waals surface area contributed by atoms with E-state index < -0.39 is 17.6 Å². The highest BCUT2D eigenvalue weighted by Crippen LogP contribution is 2.90. The lowest BCUT2D eigenvalue weighted by Gasteiger charge is -2.17. The van der Waals surface area contributed by atoms with Gasteiger partial charge in [0.15, 0.2) is 0 Å². The molecule has 4 saturated carbocycles. The van der Waals surface area contributed by atoms with Gasteiger partial charge in [-0.15, -0.1) is 0 Å². The van der Waals surface area contributed by atoms with Gasteiger partial charge in [0.1, 0.15) is 5.82 Å². The summed E-state index contributed by atoms with van der Waals surface area (Å²) in [5.74, 6) is 1.24. The van der Waals surface area contributed by atoms with E-state index in [1.54, 1.807) is 0 Å². The van der Waals surface area contributed by atoms with E-state index in [4.69, 9.17) is 11.5 Å². The van der Waals surface area contributed by atoms with Crippen LogP contribution in [-0.4, -0.2) is 20.8 Å². The number of fused-ring (bicyclic) bond motifs is 1. The van der Waals surface area contributed by atoms with Crippen molar-refractivity contribution in [2.75, 3.05) is 5.73 Å². The second kappa shape index (κ2) is 5.04. The fourth-order valence-corrected chi connectivity index (χ4v) is 5.50. The number of pyridine rings is 1. The van der Waals surface area contributed by atoms with Crippen molar-refractivity contribution in [2.45, 2.75) is 50.4 Å². The summed E-state index contributed by atoms with van der Waals surface area (Å²) in [6, 6.07) is 3.40. The highest BCUT2D eigenvalue weighted by molar-refractivity contribution is 5.65. The third-order valence-corrected chi connectivity index (χ3v) is 7.01. The number of alkyl halides is 3. The van der Waals surface area contributed by atoms with Gasteiger partial charge < -0.3 is 11.5 Å². The molecule has 0 saturated heterocycles. The van der Waals surface area contributed by atoms with Crippen LogP contribution in [0.3, 0.4) is 0 Å². The summed E-state index contributed by atoms with van der Waals surface area (Å²) >= 11 is 0. The zero-order valence-corrected chi connectivity index (χ0v) is 15.2. The Morgan fingerprint density at radius 1 is 1.33 bits per heavy atom. The quantitative estimate of drug-likeness (QED) is 0.856. The van der Waals surface area contributed by atoms with Crippen LogP contribution in [0.15, 0.2) is 18.3 Å². The number of nitrogen functional groups attached to an aromatic ring is 1. The Morgan fingerprint density at radius 2 is 2.07 bits per heavy atom. The maximum absolute atomic E-state index is 13.2. The second-order valence-electron chi connectivity index (χ2n) is 8.26. The van der Waals surface area contributed by atoms with E-state index in [1.165, 1.54) is 6.20 Å². The summed E-state index contributed by atoms with van der Waals surface area (Å²) in [4.78, 5) is 3.76. The molecule has 6 rings (SSSR count). The molecule has 2 aromatic heterocycles. The lowest BCUT2D eigenvalue weighted by molar-refractivity contribution is -0.137. The van der Waals surface area contributed by atoms with E-state index in [-0.39, 0.29) is 17.5 Å². The van der Waals surface area contributed by atoms with Crippen LogP contribution in [-0.2, 0) is 11.6 Å². The number of aromatic nitrogens is 3. The molecule has 2 bridgehead atoms. The van der Waals surface area contributed by atoms with Crippen molar-refractivity contribution in [2.24, 2.45) is 23.5 Å². The number of rotatable bonds is 4. The first-order chi connectivity index (χ1) is 12.7. The molecule has 8 heteroatoms. The molecule has 0 spiro atoms. The molecule has 2 heterocycles. The number of hydrogen-bond donors (Lipinski definition) is 2. The van der Waals surface area contributed by atoms with Gasteiger partial charge in [0, 0.05) is 35.0 Å². The number of halogens is 3. The molecule has 0 aromatic carbocycles. The normalized spacial score (nSPS) is 34.4. The predicted octanol–water partition coefficient (Wildman–Crippen LogP) is 3.36. The number of hydrogen-bond acceptors (Lipinski definition) is 4. The van der Waals surface area contributed by atoms with Crippen LogP contribution in [0.4, 0.5) is 19.0 Å². The molecule has 4 aliphatic rings. The van der Waals surface area contributed by atoms with Gasteiger partial charge >= 0.3 is 6.18 Å².